The monoisotopic (exact) mass is 610 g/mol. The molecule has 1 saturated heterocycles. The fourth-order valence-electron chi connectivity index (χ4n) is 7.02. The molecule has 0 spiro atoms. The van der Waals surface area contributed by atoms with E-state index in [1.165, 1.54) is 0 Å². The van der Waals surface area contributed by atoms with Gasteiger partial charge in [-0.05, 0) is 80.8 Å². The van der Waals surface area contributed by atoms with Crippen LogP contribution in [0.3, 0.4) is 0 Å². The van der Waals surface area contributed by atoms with Gasteiger partial charge in [-0.2, -0.15) is 5.26 Å². The molecule has 4 amide bonds. The summed E-state index contributed by atoms with van der Waals surface area (Å²) in [5, 5.41) is 13.9. The first-order valence-corrected chi connectivity index (χ1v) is 15.9. The summed E-state index contributed by atoms with van der Waals surface area (Å²) in [5.74, 6) is -0.488. The van der Waals surface area contributed by atoms with Crippen molar-refractivity contribution in [3.05, 3.63) is 53.2 Å². The first-order valence-electron chi connectivity index (χ1n) is 15.9. The van der Waals surface area contributed by atoms with Crippen molar-refractivity contribution in [2.75, 3.05) is 18.0 Å². The molecule has 45 heavy (non-hydrogen) atoms. The first-order chi connectivity index (χ1) is 21.6. The van der Waals surface area contributed by atoms with Crippen LogP contribution in [0.4, 0.5) is 5.69 Å². The van der Waals surface area contributed by atoms with Crippen molar-refractivity contribution in [2.24, 2.45) is 16.1 Å². The molecular formula is C35H42N6O4. The molecule has 3 aliphatic rings. The van der Waals surface area contributed by atoms with E-state index >= 15 is 0 Å². The van der Waals surface area contributed by atoms with Crippen molar-refractivity contribution in [3.63, 3.8) is 0 Å². The zero-order valence-corrected chi connectivity index (χ0v) is 26.2. The summed E-state index contributed by atoms with van der Waals surface area (Å²) in [6.07, 6.45) is 10.5. The highest BCUT2D eigenvalue weighted by atomic mass is 16.2. The Morgan fingerprint density at radius 2 is 1.87 bits per heavy atom. The number of benzene rings is 2. The SMILES string of the molecule is CC(CCC(=O)NC=O)N1C(=O)c2cccc3c(CC(C=NC4(C)CCN(C(=O)C5(C#N)CCCCC5)CC4)=CN)ccc1c23. The second-order valence-electron chi connectivity index (χ2n) is 12.9. The third kappa shape index (κ3) is 6.35. The second kappa shape index (κ2) is 13.2. The third-order valence-electron chi connectivity index (χ3n) is 9.88. The van der Waals surface area contributed by atoms with Crippen LogP contribution >= 0.6 is 0 Å². The highest BCUT2D eigenvalue weighted by molar-refractivity contribution is 6.25. The molecule has 2 aromatic carbocycles. The molecule has 10 heteroatoms. The maximum Gasteiger partial charge on any atom is 0.259 e. The molecule has 0 radical (unpaired) electrons. The summed E-state index contributed by atoms with van der Waals surface area (Å²) in [5.41, 5.74) is 8.17. The summed E-state index contributed by atoms with van der Waals surface area (Å²) in [6.45, 7) is 5.17. The zero-order valence-electron chi connectivity index (χ0n) is 26.2. The Morgan fingerprint density at radius 1 is 1.13 bits per heavy atom. The highest BCUT2D eigenvalue weighted by Crippen LogP contribution is 2.41. The van der Waals surface area contributed by atoms with Crippen molar-refractivity contribution in [1.29, 1.82) is 5.26 Å². The number of carbonyl (C=O) groups excluding carboxylic acids is 4. The molecule has 0 aromatic heterocycles. The maximum absolute atomic E-state index is 13.5. The van der Waals surface area contributed by atoms with Crippen LogP contribution in [0.25, 0.3) is 10.8 Å². The Kier molecular flexibility index (Phi) is 9.37. The maximum atomic E-state index is 13.5. The first kappa shape index (κ1) is 31.9. The quantitative estimate of drug-likeness (QED) is 0.298. The van der Waals surface area contributed by atoms with Crippen molar-refractivity contribution in [1.82, 2.24) is 10.2 Å². The number of nitrogens with zero attached hydrogens (tertiary/aromatic N) is 4. The van der Waals surface area contributed by atoms with Crippen molar-refractivity contribution >= 4 is 46.8 Å². The number of nitrogens with one attached hydrogen (secondary N) is 1. The van der Waals surface area contributed by atoms with Crippen LogP contribution in [-0.2, 0) is 20.8 Å². The number of nitriles is 1. The number of rotatable bonds is 10. The van der Waals surface area contributed by atoms with Crippen LogP contribution < -0.4 is 16.0 Å². The molecule has 236 valence electrons. The summed E-state index contributed by atoms with van der Waals surface area (Å²) >= 11 is 0. The number of nitrogens with two attached hydrogens (primary N) is 1. The molecule has 2 fully saturated rings. The predicted molar refractivity (Wildman–Crippen MR) is 173 cm³/mol. The number of piperidine rings is 1. The van der Waals surface area contributed by atoms with Crippen LogP contribution in [-0.4, -0.2) is 59.9 Å². The molecule has 1 unspecified atom stereocenters. The van der Waals surface area contributed by atoms with Crippen LogP contribution in [0.5, 0.6) is 0 Å². The van der Waals surface area contributed by atoms with Gasteiger partial charge in [0.05, 0.1) is 17.3 Å². The van der Waals surface area contributed by atoms with Gasteiger partial charge in [-0.25, -0.2) is 0 Å². The zero-order chi connectivity index (χ0) is 32.2. The number of hydrogen-bond acceptors (Lipinski definition) is 7. The molecule has 3 N–H and O–H groups in total. The minimum Gasteiger partial charge on any atom is -0.404 e. The molecule has 2 aromatic rings. The van der Waals surface area contributed by atoms with Crippen molar-refractivity contribution in [3.8, 4) is 6.07 Å². The van der Waals surface area contributed by atoms with Crippen molar-refractivity contribution < 1.29 is 19.2 Å². The van der Waals surface area contributed by atoms with E-state index in [0.29, 0.717) is 63.6 Å². The normalized spacial score (nSPS) is 19.8. The lowest BCUT2D eigenvalue weighted by Crippen LogP contribution is -2.50. The Bertz CT molecular complexity index is 1590. The highest BCUT2D eigenvalue weighted by Gasteiger charge is 2.44. The van der Waals surface area contributed by atoms with Gasteiger partial charge in [0.1, 0.15) is 5.41 Å². The Labute approximate surface area is 264 Å². The predicted octanol–water partition coefficient (Wildman–Crippen LogP) is 4.55. The molecule has 10 nitrogen and oxygen atoms in total. The van der Waals surface area contributed by atoms with Gasteiger partial charge in [-0.1, -0.05) is 37.5 Å². The van der Waals surface area contributed by atoms with Gasteiger partial charge in [-0.3, -0.25) is 29.5 Å². The Balaban J connectivity index is 1.27. The number of imide groups is 1. The minimum absolute atomic E-state index is 0.0137. The van der Waals surface area contributed by atoms with E-state index in [1.54, 1.807) is 11.1 Å². The lowest BCUT2D eigenvalue weighted by molar-refractivity contribution is -0.142. The van der Waals surface area contributed by atoms with Gasteiger partial charge in [0.2, 0.25) is 18.2 Å². The van der Waals surface area contributed by atoms with E-state index in [-0.39, 0.29) is 35.7 Å². The fraction of sp³-hybridized carbons (Fsp3) is 0.486. The Hall–Kier alpha value is -4.52. The lowest BCUT2D eigenvalue weighted by Gasteiger charge is -2.41. The summed E-state index contributed by atoms with van der Waals surface area (Å²) in [4.78, 5) is 57.8. The fourth-order valence-corrected chi connectivity index (χ4v) is 7.02. The number of anilines is 1. The van der Waals surface area contributed by atoms with Crippen LogP contribution in [0.1, 0.15) is 87.6 Å². The van der Waals surface area contributed by atoms with Gasteiger partial charge in [0, 0.05) is 49.1 Å². The third-order valence-corrected chi connectivity index (χ3v) is 9.88. The van der Waals surface area contributed by atoms with E-state index in [4.69, 9.17) is 10.7 Å². The number of allylic oxidation sites excluding steroid dienone is 1. The van der Waals surface area contributed by atoms with Crippen LogP contribution in [0.2, 0.25) is 0 Å². The van der Waals surface area contributed by atoms with Gasteiger partial charge in [0.15, 0.2) is 0 Å². The molecule has 2 aliphatic heterocycles. The van der Waals surface area contributed by atoms with E-state index in [2.05, 4.69) is 18.3 Å². The summed E-state index contributed by atoms with van der Waals surface area (Å²) < 4.78 is 0. The Morgan fingerprint density at radius 3 is 2.53 bits per heavy atom. The van der Waals surface area contributed by atoms with Crippen LogP contribution in [0, 0.1) is 16.7 Å². The van der Waals surface area contributed by atoms with Crippen molar-refractivity contribution in [2.45, 2.75) is 89.6 Å². The molecule has 5 rings (SSSR count). The molecule has 1 aliphatic carbocycles. The number of amides is 4. The van der Waals surface area contributed by atoms with Gasteiger partial charge >= 0.3 is 0 Å². The average Bonchev–Trinajstić information content (AvgIpc) is 3.35. The van der Waals surface area contributed by atoms with Gasteiger partial charge in [-0.15, -0.1) is 0 Å². The molecular weight excluding hydrogens is 568 g/mol. The lowest BCUT2D eigenvalue weighted by atomic mass is 9.73. The molecule has 1 saturated carbocycles. The largest absolute Gasteiger partial charge is 0.404 e. The molecule has 0 bridgehead atoms. The number of likely N-dealkylation sites (tertiary alicyclic amines) is 1. The van der Waals surface area contributed by atoms with E-state index in [0.717, 1.165) is 46.9 Å². The standard InChI is InChI=1S/C35H42N6O4/c1-24(9-12-30(43)38-23-42)41-29-11-10-26(27-7-6-8-28(31(27)29)32(41)44)19-25(20-36)21-39-34(2)15-17-40(18-16-34)33(45)35(22-37)13-4-3-5-14-35/h6-8,10-11,20-21,23-24H,3-5,9,12-19,36H2,1-2H3,(H,38,42,43). The molecule has 1 atom stereocenters. The van der Waals surface area contributed by atoms with Crippen LogP contribution in [0.15, 0.2) is 47.1 Å². The van der Waals surface area contributed by atoms with E-state index in [9.17, 15) is 24.4 Å². The van der Waals surface area contributed by atoms with Gasteiger partial charge in [0.25, 0.3) is 5.91 Å². The topological polar surface area (TPSA) is 149 Å². The molecule has 2 heterocycles. The summed E-state index contributed by atoms with van der Waals surface area (Å²) in [6, 6.07) is 11.8. The number of hydrogen-bond donors (Lipinski definition) is 2. The summed E-state index contributed by atoms with van der Waals surface area (Å²) in [7, 11) is 0. The van der Waals surface area contributed by atoms with E-state index < -0.39 is 5.41 Å². The second-order valence-corrected chi connectivity index (χ2v) is 12.9. The number of aliphatic imine (C=N–C) groups is 1. The van der Waals surface area contributed by atoms with Gasteiger partial charge < -0.3 is 15.5 Å². The smallest absolute Gasteiger partial charge is 0.259 e. The minimum atomic E-state index is -0.863. The van der Waals surface area contributed by atoms with E-state index in [1.807, 2.05) is 48.4 Å². The average molecular weight is 611 g/mol. The number of carbonyl (C=O) groups is 4.